The molecule has 2 aliphatic heterocycles. The Bertz CT molecular complexity index is 758. The van der Waals surface area contributed by atoms with E-state index in [2.05, 4.69) is 4.72 Å². The Labute approximate surface area is 145 Å². The fourth-order valence-electron chi connectivity index (χ4n) is 3.25. The predicted molar refractivity (Wildman–Crippen MR) is 86.9 cm³/mol. The molecule has 6 nitrogen and oxygen atoms in total. The minimum atomic E-state index is -3.26. The van der Waals surface area contributed by atoms with Crippen LogP contribution in [0.25, 0.3) is 0 Å². The average molecular weight is 377 g/mol. The summed E-state index contributed by atoms with van der Waals surface area (Å²) in [4.78, 5) is 14.2. The molecular weight excluding hydrogens is 359 g/mol. The molecule has 0 aromatic heterocycles. The summed E-state index contributed by atoms with van der Waals surface area (Å²) in [5, 5.41) is -0.0910. The number of nitrogens with zero attached hydrogens (tertiary/aromatic N) is 1. The molecule has 0 aliphatic carbocycles. The molecule has 0 saturated carbocycles. The first kappa shape index (κ1) is 17.6. The predicted octanol–water partition coefficient (Wildman–Crippen LogP) is 1.12. The van der Waals surface area contributed by atoms with Crippen molar-refractivity contribution < 1.29 is 22.3 Å². The van der Waals surface area contributed by atoms with Gasteiger partial charge in [-0.2, -0.15) is 0 Å². The quantitative estimate of drug-likeness (QED) is 0.854. The number of nitrogens with one attached hydrogen (secondary N) is 1. The Kier molecular flexibility index (Phi) is 4.83. The number of hydrogen-bond acceptors (Lipinski definition) is 4. The molecule has 3 rings (SSSR count). The summed E-state index contributed by atoms with van der Waals surface area (Å²) >= 11 is 5.73. The number of halogens is 2. The van der Waals surface area contributed by atoms with Crippen molar-refractivity contribution in [2.24, 2.45) is 11.8 Å². The van der Waals surface area contributed by atoms with Gasteiger partial charge in [0.2, 0.25) is 10.0 Å². The first-order valence-corrected chi connectivity index (χ1v) is 9.82. The highest BCUT2D eigenvalue weighted by Gasteiger charge is 2.45. The summed E-state index contributed by atoms with van der Waals surface area (Å²) < 4.78 is 43.9. The highest BCUT2D eigenvalue weighted by Crippen LogP contribution is 2.34. The van der Waals surface area contributed by atoms with E-state index in [1.807, 2.05) is 0 Å². The molecule has 1 aromatic rings. The number of sulfonamides is 1. The van der Waals surface area contributed by atoms with Crippen molar-refractivity contribution >= 4 is 27.5 Å². The molecule has 0 spiro atoms. The number of likely N-dealkylation sites (tertiary alicyclic amines) is 1. The maximum atomic E-state index is 13.2. The lowest BCUT2D eigenvalue weighted by molar-refractivity contribution is 0.0678. The molecule has 1 aromatic carbocycles. The summed E-state index contributed by atoms with van der Waals surface area (Å²) in [6.45, 7) is 1.69. The van der Waals surface area contributed by atoms with Crippen LogP contribution in [0.3, 0.4) is 0 Å². The van der Waals surface area contributed by atoms with Gasteiger partial charge >= 0.3 is 0 Å². The van der Waals surface area contributed by atoms with Gasteiger partial charge in [-0.05, 0) is 18.2 Å². The lowest BCUT2D eigenvalue weighted by Crippen LogP contribution is -2.35. The molecule has 2 aliphatic rings. The first-order valence-electron chi connectivity index (χ1n) is 7.55. The molecule has 24 heavy (non-hydrogen) atoms. The summed E-state index contributed by atoms with van der Waals surface area (Å²) in [5.41, 5.74) is 0.326. The number of fused-ring (bicyclic) bond motifs is 1. The van der Waals surface area contributed by atoms with Crippen LogP contribution in [-0.4, -0.2) is 57.8 Å². The third kappa shape index (κ3) is 3.72. The highest BCUT2D eigenvalue weighted by atomic mass is 35.5. The van der Waals surface area contributed by atoms with E-state index < -0.39 is 15.8 Å². The second-order valence-electron chi connectivity index (χ2n) is 6.26. The van der Waals surface area contributed by atoms with Gasteiger partial charge in [0, 0.05) is 37.0 Å². The molecule has 1 amide bonds. The van der Waals surface area contributed by atoms with E-state index in [0.717, 1.165) is 6.26 Å². The molecule has 0 radical (unpaired) electrons. The Balaban J connectivity index is 1.66. The monoisotopic (exact) mass is 376 g/mol. The molecule has 1 N–H and O–H groups in total. The number of carbonyl (C=O) groups excluding carboxylic acids is 1. The summed E-state index contributed by atoms with van der Waals surface area (Å²) in [7, 11) is -3.26. The summed E-state index contributed by atoms with van der Waals surface area (Å²) in [6, 6.07) is 3.89. The fourth-order valence-corrected chi connectivity index (χ4v) is 3.94. The molecule has 9 heteroatoms. The van der Waals surface area contributed by atoms with Crippen LogP contribution in [0, 0.1) is 17.7 Å². The minimum absolute atomic E-state index is 0.0272. The fraction of sp³-hybridized carbons (Fsp3) is 0.533. The van der Waals surface area contributed by atoms with Crippen molar-refractivity contribution in [3.8, 4) is 0 Å². The van der Waals surface area contributed by atoms with Crippen LogP contribution in [0.1, 0.15) is 10.4 Å². The maximum absolute atomic E-state index is 13.2. The average Bonchev–Trinajstić information content (AvgIpc) is 3.07. The minimum Gasteiger partial charge on any atom is -0.376 e. The van der Waals surface area contributed by atoms with Crippen LogP contribution >= 0.6 is 11.6 Å². The van der Waals surface area contributed by atoms with Crippen molar-refractivity contribution in [2.45, 2.75) is 6.10 Å². The number of hydrogen-bond donors (Lipinski definition) is 1. The zero-order chi connectivity index (χ0) is 17.5. The van der Waals surface area contributed by atoms with Crippen molar-refractivity contribution in [1.29, 1.82) is 0 Å². The van der Waals surface area contributed by atoms with E-state index in [0.29, 0.717) is 31.8 Å². The van der Waals surface area contributed by atoms with E-state index in [1.54, 1.807) is 4.90 Å². The first-order chi connectivity index (χ1) is 11.2. The second kappa shape index (κ2) is 6.59. The van der Waals surface area contributed by atoms with Gasteiger partial charge in [-0.1, -0.05) is 11.6 Å². The number of rotatable bonds is 4. The van der Waals surface area contributed by atoms with E-state index in [1.165, 1.54) is 18.2 Å². The number of benzene rings is 1. The van der Waals surface area contributed by atoms with Crippen LogP contribution in [0.5, 0.6) is 0 Å². The normalized spacial score (nSPS) is 26.6. The van der Waals surface area contributed by atoms with E-state index in [9.17, 15) is 17.6 Å². The SMILES string of the molecule is CS(=O)(=O)NC[C@@H]1CO[C@@H]2CN(C(=O)c3ccc(F)c(Cl)c3)C[C@H]12. The van der Waals surface area contributed by atoms with Crippen LogP contribution in [0.4, 0.5) is 4.39 Å². The zero-order valence-corrected chi connectivity index (χ0v) is 14.6. The standard InChI is InChI=1S/C15H18ClFN2O4S/c1-24(21,22)18-5-10-8-23-14-7-19(6-11(10)14)15(20)9-2-3-13(17)12(16)4-9/h2-4,10-11,14,18H,5-8H2,1H3/t10-,11-,14-/m1/s1. The number of carbonyl (C=O) groups is 1. The van der Waals surface area contributed by atoms with Gasteiger partial charge in [0.1, 0.15) is 5.82 Å². The second-order valence-corrected chi connectivity index (χ2v) is 8.50. The van der Waals surface area contributed by atoms with E-state index in [4.69, 9.17) is 16.3 Å². The molecule has 2 fully saturated rings. The largest absolute Gasteiger partial charge is 0.376 e. The third-order valence-corrected chi connectivity index (χ3v) is 5.48. The topological polar surface area (TPSA) is 75.7 Å². The third-order valence-electron chi connectivity index (χ3n) is 4.50. The van der Waals surface area contributed by atoms with E-state index in [-0.39, 0.29) is 28.9 Å². The number of ether oxygens (including phenoxy) is 1. The van der Waals surface area contributed by atoms with Gasteiger partial charge in [0.15, 0.2) is 0 Å². The van der Waals surface area contributed by atoms with Gasteiger partial charge < -0.3 is 9.64 Å². The Hall–Kier alpha value is -1.22. The van der Waals surface area contributed by atoms with Crippen LogP contribution in [-0.2, 0) is 14.8 Å². The molecule has 0 bridgehead atoms. The van der Waals surface area contributed by atoms with Gasteiger partial charge in [-0.15, -0.1) is 0 Å². The Morgan fingerprint density at radius 1 is 1.46 bits per heavy atom. The van der Waals surface area contributed by atoms with Crippen LogP contribution in [0.2, 0.25) is 5.02 Å². The number of amides is 1. The van der Waals surface area contributed by atoms with Crippen molar-refractivity contribution in [2.75, 3.05) is 32.5 Å². The van der Waals surface area contributed by atoms with Crippen LogP contribution in [0.15, 0.2) is 18.2 Å². The van der Waals surface area contributed by atoms with Crippen molar-refractivity contribution in [3.63, 3.8) is 0 Å². The Morgan fingerprint density at radius 3 is 2.88 bits per heavy atom. The highest BCUT2D eigenvalue weighted by molar-refractivity contribution is 7.88. The molecule has 2 saturated heterocycles. The smallest absolute Gasteiger partial charge is 0.254 e. The summed E-state index contributed by atoms with van der Waals surface area (Å²) in [5.74, 6) is -0.690. The van der Waals surface area contributed by atoms with Gasteiger partial charge in [-0.25, -0.2) is 17.5 Å². The molecular formula is C15H18ClFN2O4S. The van der Waals surface area contributed by atoms with Gasteiger partial charge in [-0.3, -0.25) is 4.79 Å². The van der Waals surface area contributed by atoms with E-state index >= 15 is 0 Å². The molecule has 2 heterocycles. The lowest BCUT2D eigenvalue weighted by atomic mass is 9.93. The van der Waals surface area contributed by atoms with Crippen LogP contribution < -0.4 is 4.72 Å². The van der Waals surface area contributed by atoms with Gasteiger partial charge in [0.05, 0.1) is 24.0 Å². The lowest BCUT2D eigenvalue weighted by Gasteiger charge is -2.20. The summed E-state index contributed by atoms with van der Waals surface area (Å²) in [6.07, 6.45) is 1.01. The van der Waals surface area contributed by atoms with Gasteiger partial charge in [0.25, 0.3) is 5.91 Å². The zero-order valence-electron chi connectivity index (χ0n) is 13.0. The molecule has 0 unspecified atom stereocenters. The van der Waals surface area contributed by atoms with Crippen molar-refractivity contribution in [3.05, 3.63) is 34.6 Å². The van der Waals surface area contributed by atoms with Crippen molar-refractivity contribution in [1.82, 2.24) is 9.62 Å². The molecule has 132 valence electrons. The Morgan fingerprint density at radius 2 is 2.21 bits per heavy atom. The molecule has 3 atom stereocenters. The maximum Gasteiger partial charge on any atom is 0.254 e.